The summed E-state index contributed by atoms with van der Waals surface area (Å²) in [6, 6.07) is 31.4. The Morgan fingerprint density at radius 2 is 1.32 bits per heavy atom. The Morgan fingerprint density at radius 1 is 0.838 bits per heavy atom. The van der Waals surface area contributed by atoms with Gasteiger partial charge in [0.05, 0.1) is 25.0 Å². The molecule has 0 N–H and O–H groups in total. The van der Waals surface area contributed by atoms with E-state index < -0.39 is 7.05 Å². The monoisotopic (exact) mass is 524 g/mol. The molecule has 0 bridgehead atoms. The number of fused-ring (bicyclic) bond motifs is 1. The van der Waals surface area contributed by atoms with Crippen molar-refractivity contribution in [2.45, 2.75) is 27.7 Å². The predicted molar refractivity (Wildman–Crippen MR) is 157 cm³/mol. The average Bonchev–Trinajstić information content (AvgIpc) is 3.21. The lowest BCUT2D eigenvalue weighted by Gasteiger charge is -2.27. The number of aryl methyl sites for hydroxylation is 3. The van der Waals surface area contributed by atoms with E-state index in [0.29, 0.717) is 16.9 Å². The lowest BCUT2D eigenvalue weighted by molar-refractivity contribution is 0.0526. The number of thiophene rings is 1. The fourth-order valence-electron chi connectivity index (χ4n) is 4.72. The summed E-state index contributed by atoms with van der Waals surface area (Å²) in [6.07, 6.45) is 0. The van der Waals surface area contributed by atoms with Crippen molar-refractivity contribution in [2.75, 3.05) is 6.61 Å². The summed E-state index contributed by atoms with van der Waals surface area (Å²) < 4.78 is 11.3. The highest BCUT2D eigenvalue weighted by molar-refractivity contribution is 7.87. The van der Waals surface area contributed by atoms with Crippen LogP contribution in [0.3, 0.4) is 0 Å². The van der Waals surface area contributed by atoms with Crippen molar-refractivity contribution in [1.82, 2.24) is 4.98 Å². The molecule has 0 amide bonds. The van der Waals surface area contributed by atoms with E-state index in [1.807, 2.05) is 32.0 Å². The van der Waals surface area contributed by atoms with E-state index in [1.54, 1.807) is 11.3 Å². The molecule has 0 aliphatic carbocycles. The molecule has 2 heterocycles. The van der Waals surface area contributed by atoms with Crippen molar-refractivity contribution < 1.29 is 9.53 Å². The third-order valence-electron chi connectivity index (χ3n) is 6.59. The largest absolute Gasteiger partial charge is 0.462 e. The van der Waals surface area contributed by atoms with Gasteiger partial charge >= 0.3 is 5.97 Å². The molecule has 5 rings (SSSR count). The van der Waals surface area contributed by atoms with Gasteiger partial charge in [-0.15, -0.1) is 11.3 Å². The molecular weight excluding hydrogens is 495 g/mol. The van der Waals surface area contributed by atoms with Crippen molar-refractivity contribution in [3.8, 4) is 0 Å². The summed E-state index contributed by atoms with van der Waals surface area (Å²) in [5.41, 5.74) is 2.86. The zero-order valence-corrected chi connectivity index (χ0v) is 23.1. The van der Waals surface area contributed by atoms with Crippen LogP contribution in [0, 0.1) is 20.8 Å². The maximum atomic E-state index is 13.4. The number of hydrogen-bond acceptors (Lipinski definition) is 5. The molecule has 0 aliphatic rings. The molecule has 0 saturated carbocycles. The van der Waals surface area contributed by atoms with Gasteiger partial charge < -0.3 is 4.74 Å². The lowest BCUT2D eigenvalue weighted by Crippen LogP contribution is -2.25. The SMILES string of the molecule is CCOC(=O)c1c(C)nc2sc(C)c(C)c2c1N=P(c1ccccc1)(c1ccccc1)c1ccccc1. The van der Waals surface area contributed by atoms with Gasteiger partial charge in [-0.2, -0.15) is 0 Å². The molecular formula is C31H29N2O2PS. The Morgan fingerprint density at radius 3 is 1.78 bits per heavy atom. The van der Waals surface area contributed by atoms with Crippen LogP contribution in [0.4, 0.5) is 5.69 Å². The van der Waals surface area contributed by atoms with E-state index in [4.69, 9.17) is 14.5 Å². The van der Waals surface area contributed by atoms with Gasteiger partial charge in [-0.25, -0.2) is 9.78 Å². The van der Waals surface area contributed by atoms with Crippen LogP contribution in [0.5, 0.6) is 0 Å². The fourth-order valence-corrected chi connectivity index (χ4v) is 9.35. The number of hydrogen-bond donors (Lipinski definition) is 0. The van der Waals surface area contributed by atoms with Crippen LogP contribution in [-0.2, 0) is 4.74 Å². The highest BCUT2D eigenvalue weighted by Crippen LogP contribution is 2.52. The van der Waals surface area contributed by atoms with Gasteiger partial charge in [0.1, 0.15) is 10.4 Å². The number of benzene rings is 3. The van der Waals surface area contributed by atoms with E-state index in [1.165, 1.54) is 4.88 Å². The van der Waals surface area contributed by atoms with E-state index in [2.05, 4.69) is 86.6 Å². The molecule has 3 aromatic carbocycles. The Labute approximate surface area is 222 Å². The molecule has 0 fully saturated rings. The first-order valence-electron chi connectivity index (χ1n) is 12.3. The zero-order valence-electron chi connectivity index (χ0n) is 21.4. The summed E-state index contributed by atoms with van der Waals surface area (Å²) in [5, 5.41) is 4.29. The Bertz CT molecular complexity index is 1530. The van der Waals surface area contributed by atoms with Crippen molar-refractivity contribution in [2.24, 2.45) is 4.74 Å². The number of rotatable bonds is 6. The van der Waals surface area contributed by atoms with Crippen LogP contribution in [-0.4, -0.2) is 17.6 Å². The molecule has 0 unspecified atom stereocenters. The van der Waals surface area contributed by atoms with Crippen LogP contribution in [0.1, 0.15) is 33.4 Å². The third kappa shape index (κ3) is 4.43. The van der Waals surface area contributed by atoms with E-state index >= 15 is 0 Å². The van der Waals surface area contributed by atoms with Gasteiger partial charge in [-0.3, -0.25) is 4.74 Å². The van der Waals surface area contributed by atoms with Gasteiger partial charge in [0, 0.05) is 26.2 Å². The average molecular weight is 525 g/mol. The minimum atomic E-state index is -2.60. The predicted octanol–water partition coefficient (Wildman–Crippen LogP) is 7.21. The lowest BCUT2D eigenvalue weighted by atomic mass is 10.1. The molecule has 5 aromatic rings. The van der Waals surface area contributed by atoms with Crippen LogP contribution >= 0.6 is 18.4 Å². The second-order valence-electron chi connectivity index (χ2n) is 8.85. The third-order valence-corrected chi connectivity index (χ3v) is 11.3. The summed E-state index contributed by atoms with van der Waals surface area (Å²) in [6.45, 7) is 8.17. The highest BCUT2D eigenvalue weighted by Gasteiger charge is 2.31. The normalized spacial score (nSPS) is 11.5. The molecule has 37 heavy (non-hydrogen) atoms. The standard InChI is InChI=1S/C31H29N2O2PS/c1-5-35-31(34)28-22(3)32-30-27(21(2)23(4)37-30)29(28)33-36(24-15-9-6-10-16-24,25-17-11-7-12-18-25)26-19-13-8-14-20-26/h6-20H,5H2,1-4H3. The van der Waals surface area contributed by atoms with Gasteiger partial charge in [0.2, 0.25) is 0 Å². The molecule has 0 radical (unpaired) electrons. The molecule has 2 aromatic heterocycles. The summed E-state index contributed by atoms with van der Waals surface area (Å²) in [7, 11) is -2.60. The summed E-state index contributed by atoms with van der Waals surface area (Å²) >= 11 is 1.64. The molecule has 0 spiro atoms. The molecule has 0 aliphatic heterocycles. The van der Waals surface area contributed by atoms with Gasteiger partial charge in [0.25, 0.3) is 0 Å². The minimum Gasteiger partial charge on any atom is -0.462 e. The smallest absolute Gasteiger partial charge is 0.342 e. The first-order chi connectivity index (χ1) is 18.0. The van der Waals surface area contributed by atoms with Crippen LogP contribution in [0.15, 0.2) is 95.7 Å². The number of ether oxygens (including phenoxy) is 1. The number of pyridine rings is 1. The first-order valence-corrected chi connectivity index (χ1v) is 14.9. The quantitative estimate of drug-likeness (QED) is 0.174. The molecule has 4 nitrogen and oxygen atoms in total. The van der Waals surface area contributed by atoms with Crippen molar-refractivity contribution in [1.29, 1.82) is 0 Å². The van der Waals surface area contributed by atoms with Crippen LogP contribution in [0.25, 0.3) is 10.2 Å². The van der Waals surface area contributed by atoms with Gasteiger partial charge in [-0.05, 0) is 33.3 Å². The number of aromatic nitrogens is 1. The van der Waals surface area contributed by atoms with E-state index in [0.717, 1.165) is 31.7 Å². The Kier molecular flexibility index (Phi) is 7.10. The second-order valence-corrected chi connectivity index (χ2v) is 13.1. The second kappa shape index (κ2) is 10.5. The molecule has 186 valence electrons. The van der Waals surface area contributed by atoms with E-state index in [-0.39, 0.29) is 12.6 Å². The fraction of sp³-hybridized carbons (Fsp3) is 0.161. The topological polar surface area (TPSA) is 51.5 Å². The first kappa shape index (κ1) is 25.1. The maximum absolute atomic E-state index is 13.4. The minimum absolute atomic E-state index is 0.285. The Hall–Kier alpha value is -3.53. The zero-order chi connectivity index (χ0) is 26.0. The van der Waals surface area contributed by atoms with Crippen molar-refractivity contribution in [3.63, 3.8) is 0 Å². The molecule has 0 atom stereocenters. The van der Waals surface area contributed by atoms with Crippen LogP contribution < -0.4 is 15.9 Å². The number of carbonyl (C=O) groups excluding carboxylic acids is 1. The number of esters is 1. The van der Waals surface area contributed by atoms with Crippen LogP contribution in [0.2, 0.25) is 0 Å². The van der Waals surface area contributed by atoms with Crippen molar-refractivity contribution >= 4 is 56.2 Å². The van der Waals surface area contributed by atoms with Gasteiger partial charge in [0.15, 0.2) is 0 Å². The highest BCUT2D eigenvalue weighted by atomic mass is 32.1. The Balaban J connectivity index is 2.04. The number of nitrogens with zero attached hydrogens (tertiary/aromatic N) is 2. The summed E-state index contributed by atoms with van der Waals surface area (Å²) in [5.74, 6) is -0.385. The van der Waals surface area contributed by atoms with Crippen molar-refractivity contribution in [3.05, 3.63) is 113 Å². The summed E-state index contributed by atoms with van der Waals surface area (Å²) in [4.78, 5) is 20.3. The number of carbonyl (C=O) groups is 1. The van der Waals surface area contributed by atoms with E-state index in [9.17, 15) is 4.79 Å². The van der Waals surface area contributed by atoms with Gasteiger partial charge in [-0.1, -0.05) is 91.0 Å². The molecule has 6 heteroatoms. The maximum Gasteiger partial charge on any atom is 0.342 e. The molecule has 0 saturated heterocycles.